The van der Waals surface area contributed by atoms with Crippen LogP contribution >= 0.6 is 0 Å². The van der Waals surface area contributed by atoms with Gasteiger partial charge in [0.15, 0.2) is 0 Å². The molecule has 0 bridgehead atoms. The van der Waals surface area contributed by atoms with E-state index in [1.807, 2.05) is 0 Å². The molecule has 1 aliphatic carbocycles. The Kier molecular flexibility index (Phi) is 5.92. The van der Waals surface area contributed by atoms with Gasteiger partial charge in [0.1, 0.15) is 0 Å². The normalized spacial score (nSPS) is 31.8. The fraction of sp³-hybridized carbons (Fsp3) is 1.00. The number of nitrogens with zero attached hydrogens (tertiary/aromatic N) is 1. The summed E-state index contributed by atoms with van der Waals surface area (Å²) >= 11 is 0. The van der Waals surface area contributed by atoms with Crippen molar-refractivity contribution >= 4 is 0 Å². The number of hydrogen-bond donors (Lipinski definition) is 1. The van der Waals surface area contributed by atoms with Gasteiger partial charge in [-0.15, -0.1) is 0 Å². The second-order valence-electron chi connectivity index (χ2n) is 7.78. The highest BCUT2D eigenvalue weighted by Crippen LogP contribution is 2.37. The van der Waals surface area contributed by atoms with Crippen LogP contribution in [0.2, 0.25) is 0 Å². The van der Waals surface area contributed by atoms with Gasteiger partial charge in [0.25, 0.3) is 0 Å². The maximum absolute atomic E-state index is 6.78. The van der Waals surface area contributed by atoms with Crippen LogP contribution < -0.4 is 5.73 Å². The van der Waals surface area contributed by atoms with Gasteiger partial charge < -0.3 is 5.73 Å². The van der Waals surface area contributed by atoms with Gasteiger partial charge in [-0.05, 0) is 64.5 Å². The minimum absolute atomic E-state index is 0.171. The van der Waals surface area contributed by atoms with E-state index in [9.17, 15) is 0 Å². The fourth-order valence-corrected chi connectivity index (χ4v) is 4.46. The van der Waals surface area contributed by atoms with E-state index in [4.69, 9.17) is 5.73 Å². The zero-order chi connectivity index (χ0) is 14.6. The van der Waals surface area contributed by atoms with Crippen molar-refractivity contribution in [3.63, 3.8) is 0 Å². The van der Waals surface area contributed by atoms with Crippen LogP contribution in [-0.4, -0.2) is 29.6 Å². The zero-order valence-electron chi connectivity index (χ0n) is 14.0. The fourth-order valence-electron chi connectivity index (χ4n) is 4.46. The van der Waals surface area contributed by atoms with E-state index < -0.39 is 0 Å². The van der Waals surface area contributed by atoms with Crippen molar-refractivity contribution in [2.75, 3.05) is 13.1 Å². The lowest BCUT2D eigenvalue weighted by Gasteiger charge is -2.47. The third kappa shape index (κ3) is 3.76. The smallest absolute Gasteiger partial charge is 0.0306 e. The number of likely N-dealkylation sites (tertiary alicyclic amines) is 1. The molecule has 0 aromatic heterocycles. The molecule has 0 spiro atoms. The van der Waals surface area contributed by atoms with Crippen LogP contribution in [0.25, 0.3) is 0 Å². The first-order valence-electron chi connectivity index (χ1n) is 9.06. The van der Waals surface area contributed by atoms with Crippen molar-refractivity contribution in [2.24, 2.45) is 17.6 Å². The molecule has 2 N–H and O–H groups in total. The molecule has 2 fully saturated rings. The monoisotopic (exact) mass is 280 g/mol. The minimum Gasteiger partial charge on any atom is -0.326 e. The van der Waals surface area contributed by atoms with Gasteiger partial charge in [0, 0.05) is 11.6 Å². The minimum atomic E-state index is 0.171. The molecule has 3 unspecified atom stereocenters. The van der Waals surface area contributed by atoms with Gasteiger partial charge in [-0.25, -0.2) is 0 Å². The Hall–Kier alpha value is -0.0800. The third-order valence-electron chi connectivity index (χ3n) is 6.15. The van der Waals surface area contributed by atoms with Gasteiger partial charge in [-0.3, -0.25) is 4.90 Å². The van der Waals surface area contributed by atoms with Crippen molar-refractivity contribution in [1.29, 1.82) is 0 Å². The molecular weight excluding hydrogens is 244 g/mol. The van der Waals surface area contributed by atoms with Crippen LogP contribution in [0.1, 0.15) is 78.6 Å². The molecule has 1 saturated heterocycles. The summed E-state index contributed by atoms with van der Waals surface area (Å²) in [5.74, 6) is 1.67. The molecule has 20 heavy (non-hydrogen) atoms. The van der Waals surface area contributed by atoms with Crippen LogP contribution in [0.4, 0.5) is 0 Å². The van der Waals surface area contributed by atoms with E-state index >= 15 is 0 Å². The lowest BCUT2D eigenvalue weighted by Crippen LogP contribution is -2.59. The number of nitrogens with two attached hydrogens (primary N) is 1. The predicted octanol–water partition coefficient (Wildman–Crippen LogP) is 4.18. The van der Waals surface area contributed by atoms with Gasteiger partial charge >= 0.3 is 0 Å². The van der Waals surface area contributed by atoms with Gasteiger partial charge in [-0.1, -0.05) is 39.0 Å². The lowest BCUT2D eigenvalue weighted by molar-refractivity contribution is 0.0586. The first kappa shape index (κ1) is 16.3. The van der Waals surface area contributed by atoms with Crippen molar-refractivity contribution in [3.8, 4) is 0 Å². The Morgan fingerprint density at radius 1 is 1.05 bits per heavy atom. The molecule has 118 valence electrons. The largest absolute Gasteiger partial charge is 0.326 e. The Morgan fingerprint density at radius 2 is 1.70 bits per heavy atom. The van der Waals surface area contributed by atoms with Crippen LogP contribution in [0, 0.1) is 11.8 Å². The predicted molar refractivity (Wildman–Crippen MR) is 87.8 cm³/mol. The first-order valence-corrected chi connectivity index (χ1v) is 9.06. The number of hydrogen-bond acceptors (Lipinski definition) is 2. The summed E-state index contributed by atoms with van der Waals surface area (Å²) in [6, 6.07) is 0.343. The van der Waals surface area contributed by atoms with Crippen LogP contribution in [0.15, 0.2) is 0 Å². The molecule has 2 nitrogen and oxygen atoms in total. The summed E-state index contributed by atoms with van der Waals surface area (Å²) in [5.41, 5.74) is 6.95. The van der Waals surface area contributed by atoms with Crippen LogP contribution in [0.3, 0.4) is 0 Å². The molecule has 1 saturated carbocycles. The lowest BCUT2D eigenvalue weighted by atomic mass is 9.72. The second-order valence-corrected chi connectivity index (χ2v) is 7.78. The highest BCUT2D eigenvalue weighted by molar-refractivity contribution is 4.97. The molecule has 0 radical (unpaired) electrons. The molecule has 1 heterocycles. The van der Waals surface area contributed by atoms with Crippen molar-refractivity contribution in [3.05, 3.63) is 0 Å². The molecule has 1 aliphatic heterocycles. The summed E-state index contributed by atoms with van der Waals surface area (Å²) in [7, 11) is 0. The molecule has 0 aromatic rings. The van der Waals surface area contributed by atoms with E-state index in [1.54, 1.807) is 0 Å². The Morgan fingerprint density at radius 3 is 2.30 bits per heavy atom. The standard InChI is InChI=1S/C18H36N2/c1-4-15-10-9-11-16(14-15)17(19)18(2,3)20-12-7-5-6-8-13-20/h15-17H,4-14,19H2,1-3H3. The summed E-state index contributed by atoms with van der Waals surface area (Å²) in [5, 5.41) is 0. The first-order chi connectivity index (χ1) is 9.55. The maximum atomic E-state index is 6.78. The Labute approximate surface area is 126 Å². The van der Waals surface area contributed by atoms with Crippen molar-refractivity contribution < 1.29 is 0 Å². The Balaban J connectivity index is 1.99. The molecule has 3 atom stereocenters. The average Bonchev–Trinajstić information content (AvgIpc) is 2.76. The molecular formula is C18H36N2. The zero-order valence-corrected chi connectivity index (χ0v) is 14.0. The van der Waals surface area contributed by atoms with Crippen LogP contribution in [-0.2, 0) is 0 Å². The SMILES string of the molecule is CCC1CCCC(C(N)C(C)(C)N2CCCCCC2)C1. The highest BCUT2D eigenvalue weighted by Gasteiger charge is 2.39. The molecule has 0 amide bonds. The van der Waals surface area contributed by atoms with Gasteiger partial charge in [0.2, 0.25) is 0 Å². The van der Waals surface area contributed by atoms with E-state index in [0.29, 0.717) is 6.04 Å². The van der Waals surface area contributed by atoms with Crippen molar-refractivity contribution in [1.82, 2.24) is 4.90 Å². The van der Waals surface area contributed by atoms with Crippen molar-refractivity contribution in [2.45, 2.75) is 90.1 Å². The van der Waals surface area contributed by atoms with E-state index in [2.05, 4.69) is 25.7 Å². The summed E-state index contributed by atoms with van der Waals surface area (Å²) in [6.07, 6.45) is 12.4. The van der Waals surface area contributed by atoms with E-state index in [-0.39, 0.29) is 5.54 Å². The maximum Gasteiger partial charge on any atom is 0.0306 e. The molecule has 2 aliphatic rings. The number of rotatable bonds is 4. The van der Waals surface area contributed by atoms with E-state index in [1.165, 1.54) is 70.9 Å². The van der Waals surface area contributed by atoms with E-state index in [0.717, 1.165) is 11.8 Å². The summed E-state index contributed by atoms with van der Waals surface area (Å²) in [4.78, 5) is 2.69. The highest BCUT2D eigenvalue weighted by atomic mass is 15.2. The quantitative estimate of drug-likeness (QED) is 0.837. The molecule has 2 heteroatoms. The average molecular weight is 280 g/mol. The molecule has 2 rings (SSSR count). The van der Waals surface area contributed by atoms with Gasteiger partial charge in [0.05, 0.1) is 0 Å². The summed E-state index contributed by atoms with van der Waals surface area (Å²) < 4.78 is 0. The topological polar surface area (TPSA) is 29.3 Å². The second kappa shape index (κ2) is 7.26. The Bertz CT molecular complexity index is 279. The summed E-state index contributed by atoms with van der Waals surface area (Å²) in [6.45, 7) is 9.66. The van der Waals surface area contributed by atoms with Gasteiger partial charge in [-0.2, -0.15) is 0 Å². The molecule has 0 aromatic carbocycles. The van der Waals surface area contributed by atoms with Crippen LogP contribution in [0.5, 0.6) is 0 Å². The third-order valence-corrected chi connectivity index (χ3v) is 6.15.